The molecular formula is C17H19NO5S. The van der Waals surface area contributed by atoms with Gasteiger partial charge in [-0.3, -0.25) is 0 Å². The average Bonchev–Trinajstić information content (AvgIpc) is 3.02. The first kappa shape index (κ1) is 16.6. The molecule has 0 unspecified atom stereocenters. The fourth-order valence-corrected chi connectivity index (χ4v) is 3.94. The summed E-state index contributed by atoms with van der Waals surface area (Å²) in [5, 5.41) is 0. The van der Waals surface area contributed by atoms with Gasteiger partial charge < -0.3 is 14.2 Å². The molecule has 0 saturated heterocycles. The minimum atomic E-state index is -3.74. The summed E-state index contributed by atoms with van der Waals surface area (Å²) in [5.41, 5.74) is 1.01. The van der Waals surface area contributed by atoms with E-state index in [0.29, 0.717) is 12.4 Å². The summed E-state index contributed by atoms with van der Waals surface area (Å²) in [6.45, 7) is 0.705. The van der Waals surface area contributed by atoms with Gasteiger partial charge in [0.05, 0.1) is 20.8 Å². The summed E-state index contributed by atoms with van der Waals surface area (Å²) in [6, 6.07) is 12.3. The number of hydrogen-bond donors (Lipinski definition) is 1. The quantitative estimate of drug-likeness (QED) is 0.865. The molecule has 0 radical (unpaired) electrons. The molecule has 0 aromatic heterocycles. The Balaban J connectivity index is 1.80. The Bertz CT molecular complexity index is 835. The minimum absolute atomic E-state index is 0.0208. The van der Waals surface area contributed by atoms with Crippen molar-refractivity contribution in [2.45, 2.75) is 10.8 Å². The van der Waals surface area contributed by atoms with E-state index in [1.165, 1.54) is 20.3 Å². The number of rotatable bonds is 6. The van der Waals surface area contributed by atoms with Gasteiger partial charge in [0.1, 0.15) is 22.1 Å². The summed E-state index contributed by atoms with van der Waals surface area (Å²) >= 11 is 0. The lowest BCUT2D eigenvalue weighted by Gasteiger charge is -2.14. The van der Waals surface area contributed by atoms with Crippen LogP contribution in [0.15, 0.2) is 47.4 Å². The van der Waals surface area contributed by atoms with Gasteiger partial charge in [0, 0.05) is 24.1 Å². The SMILES string of the molecule is COc1ccc(OC)c(S(=O)(=O)NC[C@H]2COc3ccccc32)c1. The molecule has 128 valence electrons. The summed E-state index contributed by atoms with van der Waals surface area (Å²) in [4.78, 5) is 0.0524. The maximum Gasteiger partial charge on any atom is 0.244 e. The molecular weight excluding hydrogens is 330 g/mol. The van der Waals surface area contributed by atoms with Crippen LogP contribution in [-0.2, 0) is 10.0 Å². The second kappa shape index (κ2) is 6.70. The Kier molecular flexibility index (Phi) is 4.64. The normalized spacial score (nSPS) is 16.3. The maximum absolute atomic E-state index is 12.7. The Labute approximate surface area is 141 Å². The van der Waals surface area contributed by atoms with Crippen LogP contribution in [0.4, 0.5) is 0 Å². The highest BCUT2D eigenvalue weighted by molar-refractivity contribution is 7.89. The minimum Gasteiger partial charge on any atom is -0.497 e. The molecule has 0 aliphatic carbocycles. The molecule has 7 heteroatoms. The fraction of sp³-hybridized carbons (Fsp3) is 0.294. The van der Waals surface area contributed by atoms with Crippen LogP contribution >= 0.6 is 0 Å². The van der Waals surface area contributed by atoms with E-state index in [0.717, 1.165) is 11.3 Å². The molecule has 24 heavy (non-hydrogen) atoms. The number of fused-ring (bicyclic) bond motifs is 1. The molecule has 6 nitrogen and oxygen atoms in total. The second-order valence-corrected chi connectivity index (χ2v) is 7.15. The molecule has 1 atom stereocenters. The van der Waals surface area contributed by atoms with Gasteiger partial charge in [-0.2, -0.15) is 0 Å². The summed E-state index contributed by atoms with van der Waals surface area (Å²) in [7, 11) is -0.819. The Morgan fingerprint density at radius 2 is 1.96 bits per heavy atom. The lowest BCUT2D eigenvalue weighted by atomic mass is 10.0. The molecule has 1 aliphatic rings. The molecule has 1 N–H and O–H groups in total. The van der Waals surface area contributed by atoms with Crippen molar-refractivity contribution in [3.05, 3.63) is 48.0 Å². The van der Waals surface area contributed by atoms with Gasteiger partial charge in [0.15, 0.2) is 0 Å². The van der Waals surface area contributed by atoms with Crippen molar-refractivity contribution in [1.82, 2.24) is 4.72 Å². The summed E-state index contributed by atoms with van der Waals surface area (Å²) in [5.74, 6) is 1.50. The van der Waals surface area contributed by atoms with Gasteiger partial charge in [-0.05, 0) is 18.2 Å². The Hall–Kier alpha value is -2.25. The van der Waals surface area contributed by atoms with Gasteiger partial charge in [0.2, 0.25) is 10.0 Å². The molecule has 1 heterocycles. The van der Waals surface area contributed by atoms with E-state index in [2.05, 4.69) is 4.72 Å². The predicted molar refractivity (Wildman–Crippen MR) is 89.4 cm³/mol. The van der Waals surface area contributed by atoms with Crippen LogP contribution in [0.5, 0.6) is 17.2 Å². The topological polar surface area (TPSA) is 73.9 Å². The third kappa shape index (κ3) is 3.18. The number of benzene rings is 2. The van der Waals surface area contributed by atoms with Crippen molar-refractivity contribution in [2.24, 2.45) is 0 Å². The highest BCUT2D eigenvalue weighted by atomic mass is 32.2. The van der Waals surface area contributed by atoms with Crippen molar-refractivity contribution in [3.63, 3.8) is 0 Å². The van der Waals surface area contributed by atoms with Crippen LogP contribution in [-0.4, -0.2) is 35.8 Å². The van der Waals surface area contributed by atoms with E-state index in [4.69, 9.17) is 14.2 Å². The highest BCUT2D eigenvalue weighted by Crippen LogP contribution is 2.33. The number of methoxy groups -OCH3 is 2. The van der Waals surface area contributed by atoms with Gasteiger partial charge in [-0.15, -0.1) is 0 Å². The van der Waals surface area contributed by atoms with Crippen molar-refractivity contribution < 1.29 is 22.6 Å². The molecule has 0 fully saturated rings. The van der Waals surface area contributed by atoms with E-state index in [1.807, 2.05) is 24.3 Å². The van der Waals surface area contributed by atoms with E-state index in [1.54, 1.807) is 12.1 Å². The zero-order chi connectivity index (χ0) is 17.2. The van der Waals surface area contributed by atoms with Crippen LogP contribution in [0.3, 0.4) is 0 Å². The van der Waals surface area contributed by atoms with Crippen molar-refractivity contribution >= 4 is 10.0 Å². The van der Waals surface area contributed by atoms with Gasteiger partial charge >= 0.3 is 0 Å². The van der Waals surface area contributed by atoms with Crippen LogP contribution in [0.2, 0.25) is 0 Å². The number of ether oxygens (including phenoxy) is 3. The molecule has 1 aliphatic heterocycles. The highest BCUT2D eigenvalue weighted by Gasteiger charge is 2.27. The van der Waals surface area contributed by atoms with Gasteiger partial charge in [0.25, 0.3) is 0 Å². The monoisotopic (exact) mass is 349 g/mol. The van der Waals surface area contributed by atoms with Crippen molar-refractivity contribution in [2.75, 3.05) is 27.4 Å². The average molecular weight is 349 g/mol. The van der Waals surface area contributed by atoms with E-state index in [9.17, 15) is 8.42 Å². The van der Waals surface area contributed by atoms with Crippen LogP contribution in [0.25, 0.3) is 0 Å². The zero-order valence-electron chi connectivity index (χ0n) is 13.5. The zero-order valence-corrected chi connectivity index (χ0v) is 14.3. The Morgan fingerprint density at radius 3 is 2.71 bits per heavy atom. The van der Waals surface area contributed by atoms with Crippen LogP contribution < -0.4 is 18.9 Å². The summed E-state index contributed by atoms with van der Waals surface area (Å²) < 4.78 is 43.8. The molecule has 0 amide bonds. The lowest BCUT2D eigenvalue weighted by Crippen LogP contribution is -2.29. The van der Waals surface area contributed by atoms with Crippen molar-refractivity contribution in [1.29, 1.82) is 0 Å². The number of hydrogen-bond acceptors (Lipinski definition) is 5. The van der Waals surface area contributed by atoms with Crippen LogP contribution in [0, 0.1) is 0 Å². The molecule has 2 aromatic rings. The fourth-order valence-electron chi connectivity index (χ4n) is 2.68. The first-order chi connectivity index (χ1) is 11.5. The number of sulfonamides is 1. The predicted octanol–water partition coefficient (Wildman–Crippen LogP) is 2.16. The van der Waals surface area contributed by atoms with Gasteiger partial charge in [-0.25, -0.2) is 13.1 Å². The molecule has 0 bridgehead atoms. The van der Waals surface area contributed by atoms with E-state index in [-0.39, 0.29) is 23.1 Å². The lowest BCUT2D eigenvalue weighted by molar-refractivity contribution is 0.330. The maximum atomic E-state index is 12.7. The standard InChI is InChI=1S/C17H19NO5S/c1-21-13-7-8-16(22-2)17(9-13)24(19,20)18-10-12-11-23-15-6-4-3-5-14(12)15/h3-9,12,18H,10-11H2,1-2H3/t12-/m0/s1. The van der Waals surface area contributed by atoms with Gasteiger partial charge in [-0.1, -0.05) is 18.2 Å². The van der Waals surface area contributed by atoms with Crippen LogP contribution in [0.1, 0.15) is 11.5 Å². The number of nitrogens with one attached hydrogen (secondary N) is 1. The largest absolute Gasteiger partial charge is 0.497 e. The van der Waals surface area contributed by atoms with E-state index < -0.39 is 10.0 Å². The third-order valence-corrected chi connectivity index (χ3v) is 5.42. The number of para-hydroxylation sites is 1. The third-order valence-electron chi connectivity index (χ3n) is 3.98. The van der Waals surface area contributed by atoms with Crippen molar-refractivity contribution in [3.8, 4) is 17.2 Å². The molecule has 2 aromatic carbocycles. The first-order valence-corrected chi connectivity index (χ1v) is 8.97. The smallest absolute Gasteiger partial charge is 0.244 e. The molecule has 0 saturated carbocycles. The second-order valence-electron chi connectivity index (χ2n) is 5.41. The molecule has 3 rings (SSSR count). The molecule has 0 spiro atoms. The Morgan fingerprint density at radius 1 is 1.17 bits per heavy atom. The van der Waals surface area contributed by atoms with E-state index >= 15 is 0 Å². The summed E-state index contributed by atoms with van der Waals surface area (Å²) in [6.07, 6.45) is 0. The first-order valence-electron chi connectivity index (χ1n) is 7.48.